The molecule has 170 valence electrons. The molecule has 0 radical (unpaired) electrons. The van der Waals surface area contributed by atoms with Crippen molar-refractivity contribution in [3.63, 3.8) is 0 Å². The molecule has 0 saturated heterocycles. The second-order valence-corrected chi connectivity index (χ2v) is 15.4. The number of thiophene rings is 1. The minimum Gasteiger partial charge on any atom is -0.142 e. The highest BCUT2D eigenvalue weighted by atomic mass is 32.1. The fourth-order valence-electron chi connectivity index (χ4n) is 5.35. The highest BCUT2D eigenvalue weighted by molar-refractivity contribution is 7.81. The summed E-state index contributed by atoms with van der Waals surface area (Å²) in [6, 6.07) is 32.4. The van der Waals surface area contributed by atoms with Gasteiger partial charge in [-0.1, -0.05) is 92.9 Å². The Bertz CT molecular complexity index is 1910. The molecule has 0 spiro atoms. The van der Waals surface area contributed by atoms with Gasteiger partial charge in [0.1, 0.15) is 0 Å². The average molecular weight is 523 g/mol. The zero-order valence-corrected chi connectivity index (χ0v) is 23.3. The Hall–Kier alpha value is -2.47. The van der Waals surface area contributed by atoms with Crippen molar-refractivity contribution in [2.45, 2.75) is 25.7 Å². The highest BCUT2D eigenvalue weighted by Gasteiger charge is 2.22. The fraction of sp³-hybridized carbons (Fsp3) is 0.0968. The quantitative estimate of drug-likeness (QED) is 0.215. The molecule has 0 N–H and O–H groups in total. The molecule has 2 unspecified atom stereocenters. The summed E-state index contributed by atoms with van der Waals surface area (Å²) in [5.41, 5.74) is 2.62. The van der Waals surface area contributed by atoms with E-state index < -0.39 is 15.1 Å². The molecule has 0 bridgehead atoms. The van der Waals surface area contributed by atoms with Gasteiger partial charge in [0.25, 0.3) is 0 Å². The van der Waals surface area contributed by atoms with E-state index in [-0.39, 0.29) is 0 Å². The van der Waals surface area contributed by atoms with E-state index >= 15 is 0 Å². The molecule has 3 aromatic heterocycles. The van der Waals surface area contributed by atoms with E-state index in [9.17, 15) is 0 Å². The van der Waals surface area contributed by atoms with Gasteiger partial charge >= 0.3 is 0 Å². The topological polar surface area (TPSA) is 0 Å². The second kappa shape index (κ2) is 8.02. The smallest absolute Gasteiger partial charge is 0.0480 e. The van der Waals surface area contributed by atoms with Crippen LogP contribution in [-0.2, 0) is 0 Å². The van der Waals surface area contributed by atoms with E-state index in [4.69, 9.17) is 12.6 Å². The summed E-state index contributed by atoms with van der Waals surface area (Å²) in [7, 11) is -1.15. The number of fused-ring (bicyclic) bond motifs is 6. The van der Waals surface area contributed by atoms with E-state index in [1.807, 2.05) is 11.3 Å². The monoisotopic (exact) mass is 522 g/mol. The van der Waals surface area contributed by atoms with Gasteiger partial charge in [-0.05, 0) is 54.9 Å². The maximum Gasteiger partial charge on any atom is 0.0480 e. The van der Waals surface area contributed by atoms with Crippen LogP contribution in [-0.4, -0.2) is 0 Å². The Kier molecular flexibility index (Phi) is 4.99. The molecule has 0 aliphatic heterocycles. The van der Waals surface area contributed by atoms with Crippen LogP contribution in [0.25, 0.3) is 51.5 Å². The minimum atomic E-state index is -0.599. The van der Waals surface area contributed by atoms with Crippen LogP contribution in [0.1, 0.15) is 16.4 Å². The molecular weight excluding hydrogens is 498 g/mol. The highest BCUT2D eigenvalue weighted by Crippen LogP contribution is 2.62. The normalized spacial score (nSPS) is 13.0. The van der Waals surface area contributed by atoms with E-state index in [2.05, 4.69) is 106 Å². The molecule has 0 aliphatic rings. The molecule has 0 amide bonds. The van der Waals surface area contributed by atoms with Gasteiger partial charge in [-0.2, -0.15) is 0 Å². The summed E-state index contributed by atoms with van der Waals surface area (Å²) >= 11 is 7.05. The predicted molar refractivity (Wildman–Crippen MR) is 164 cm³/mol. The summed E-state index contributed by atoms with van der Waals surface area (Å²) < 4.78 is 2.87. The van der Waals surface area contributed by atoms with Gasteiger partial charge in [-0.15, -0.1) is 24.0 Å². The van der Waals surface area contributed by atoms with Gasteiger partial charge in [0, 0.05) is 45.8 Å². The first-order chi connectivity index (χ1) is 17.0. The summed E-state index contributed by atoms with van der Waals surface area (Å²) in [4.78, 5) is 1.17. The molecule has 0 nitrogen and oxygen atoms in total. The lowest BCUT2D eigenvalue weighted by Gasteiger charge is -2.07. The maximum absolute atomic E-state index is 5.08. The molecule has 7 aromatic rings. The van der Waals surface area contributed by atoms with Gasteiger partial charge in [-0.25, -0.2) is 0 Å². The molecule has 0 aliphatic carbocycles. The van der Waals surface area contributed by atoms with Crippen LogP contribution in [0.15, 0.2) is 89.8 Å². The molecule has 7 rings (SSSR count). The van der Waals surface area contributed by atoms with Crippen molar-refractivity contribution in [1.29, 1.82) is 0 Å². The number of benzene rings is 4. The van der Waals surface area contributed by atoms with Crippen LogP contribution in [0.3, 0.4) is 0 Å². The number of thiol groups is 1. The first-order valence-corrected chi connectivity index (χ1v) is 15.8. The molecule has 0 fully saturated rings. The van der Waals surface area contributed by atoms with E-state index in [0.717, 1.165) is 0 Å². The third-order valence-corrected chi connectivity index (χ3v) is 14.4. The fourth-order valence-corrected chi connectivity index (χ4v) is 12.8. The standard InChI is InChI=1S/C31H24P2S2/c1-18-8-12-21(13-9-18)32-20(3)30(34)24-16-27-25(17-26(24)32)31-29(23-6-4-5-7-28(23)35-31)33(27)22-14-10-19(2)11-15-22/h4-17,34H,1-3H3. The van der Waals surface area contributed by atoms with Crippen molar-refractivity contribution in [2.75, 3.05) is 0 Å². The van der Waals surface area contributed by atoms with Crippen molar-refractivity contribution in [2.24, 2.45) is 0 Å². The van der Waals surface area contributed by atoms with Crippen LogP contribution >= 0.6 is 39.0 Å². The predicted octanol–water partition coefficient (Wildman–Crippen LogP) is 11.5. The van der Waals surface area contributed by atoms with Crippen molar-refractivity contribution in [3.8, 4) is 10.6 Å². The van der Waals surface area contributed by atoms with Gasteiger partial charge in [0.05, 0.1) is 0 Å². The average Bonchev–Trinajstić information content (AvgIpc) is 3.47. The SMILES string of the molecule is Cc1ccc(-p2c(C)c(S)c3cc4c(cc32)c2sc3ccccc3c2p4-c2ccc(C)cc2)cc1. The van der Waals surface area contributed by atoms with E-state index in [0.29, 0.717) is 0 Å². The van der Waals surface area contributed by atoms with Gasteiger partial charge in [-0.3, -0.25) is 0 Å². The van der Waals surface area contributed by atoms with Gasteiger partial charge < -0.3 is 0 Å². The third kappa shape index (κ3) is 3.21. The Morgan fingerprint density at radius 1 is 0.629 bits per heavy atom. The Morgan fingerprint density at radius 2 is 1.20 bits per heavy atom. The Labute approximate surface area is 216 Å². The maximum atomic E-state index is 5.08. The van der Waals surface area contributed by atoms with Crippen LogP contribution in [0.2, 0.25) is 0 Å². The molecule has 4 aromatic carbocycles. The number of rotatable bonds is 2. The van der Waals surface area contributed by atoms with Crippen LogP contribution < -0.4 is 0 Å². The minimum absolute atomic E-state index is 0.546. The van der Waals surface area contributed by atoms with E-state index in [1.165, 1.54) is 67.7 Å². The molecule has 3 heterocycles. The van der Waals surface area contributed by atoms with Crippen molar-refractivity contribution in [1.82, 2.24) is 0 Å². The molecule has 2 atom stereocenters. The number of hydrogen-bond acceptors (Lipinski definition) is 2. The summed E-state index contributed by atoms with van der Waals surface area (Å²) in [6.45, 7) is 6.62. The molecule has 0 saturated carbocycles. The third-order valence-electron chi connectivity index (χ3n) is 7.15. The largest absolute Gasteiger partial charge is 0.142 e. The van der Waals surface area contributed by atoms with Crippen molar-refractivity contribution < 1.29 is 0 Å². The van der Waals surface area contributed by atoms with Crippen LogP contribution in [0.5, 0.6) is 0 Å². The second-order valence-electron chi connectivity index (χ2n) is 9.44. The Morgan fingerprint density at radius 3 is 1.89 bits per heavy atom. The first kappa shape index (κ1) is 21.8. The Balaban J connectivity index is 1.66. The zero-order chi connectivity index (χ0) is 23.8. The number of aryl methyl sites for hydroxylation is 2. The lowest BCUT2D eigenvalue weighted by molar-refractivity contribution is 1.47. The summed E-state index contributed by atoms with van der Waals surface area (Å²) in [5.74, 6) is 0. The zero-order valence-electron chi connectivity index (χ0n) is 19.8. The van der Waals surface area contributed by atoms with E-state index in [1.54, 1.807) is 5.12 Å². The van der Waals surface area contributed by atoms with Crippen LogP contribution in [0.4, 0.5) is 0 Å². The molecule has 4 heteroatoms. The lowest BCUT2D eigenvalue weighted by Crippen LogP contribution is -1.72. The summed E-state index contributed by atoms with van der Waals surface area (Å²) in [5, 5.41) is 13.0. The lowest BCUT2D eigenvalue weighted by atomic mass is 10.2. The van der Waals surface area contributed by atoms with Crippen molar-refractivity contribution >= 4 is 79.9 Å². The first-order valence-electron chi connectivity index (χ1n) is 11.8. The van der Waals surface area contributed by atoms with Crippen LogP contribution in [0, 0.1) is 20.8 Å². The van der Waals surface area contributed by atoms with Gasteiger partial charge in [0.15, 0.2) is 0 Å². The number of hydrogen-bond donors (Lipinski definition) is 1. The molecule has 35 heavy (non-hydrogen) atoms. The van der Waals surface area contributed by atoms with Crippen molar-refractivity contribution in [3.05, 3.63) is 101 Å². The molecular formula is C31H24P2S2. The summed E-state index contributed by atoms with van der Waals surface area (Å²) in [6.07, 6.45) is 0. The van der Waals surface area contributed by atoms with Gasteiger partial charge in [0.2, 0.25) is 0 Å².